The van der Waals surface area contributed by atoms with E-state index in [1.165, 1.54) is 50.0 Å². The Bertz CT molecular complexity index is 276. The van der Waals surface area contributed by atoms with Crippen LogP contribution in [-0.4, -0.2) is 13.1 Å². The molecule has 0 N–H and O–H groups in total. The van der Waals surface area contributed by atoms with Crippen LogP contribution in [0.5, 0.6) is 0 Å². The van der Waals surface area contributed by atoms with Crippen molar-refractivity contribution in [3.05, 3.63) is 29.8 Å². The van der Waals surface area contributed by atoms with Crippen molar-refractivity contribution in [3.8, 4) is 0 Å². The average molecular weight is 249 g/mol. The Morgan fingerprint density at radius 1 is 0.833 bits per heavy atom. The highest BCUT2D eigenvalue weighted by Crippen LogP contribution is 2.16. The summed E-state index contributed by atoms with van der Waals surface area (Å²) >= 11 is 0. The highest BCUT2D eigenvalue weighted by Gasteiger charge is 2.04. The molecule has 0 fully saturated rings. The number of anilines is 1. The van der Waals surface area contributed by atoms with Gasteiger partial charge in [-0.05, 0) is 31.9 Å². The fraction of sp³-hybridized carbons (Fsp3) is 0.647. The van der Waals surface area contributed by atoms with E-state index in [9.17, 15) is 0 Å². The van der Waals surface area contributed by atoms with Crippen LogP contribution in [0.3, 0.4) is 0 Å². The van der Waals surface area contributed by atoms with Crippen LogP contribution >= 0.6 is 0 Å². The van der Waals surface area contributed by atoms with Crippen LogP contribution in [0.1, 0.15) is 58.9 Å². The summed E-state index contributed by atoms with van der Waals surface area (Å²) < 4.78 is 0. The summed E-state index contributed by atoms with van der Waals surface area (Å²) in [6.07, 6.45) is 5.17. The standard InChI is InChI=1S/C15H25N.C2H6/c1-4-6-7-13-16(12-5-2)15-10-8-14(3)9-11-15;1-2/h8-11H,4-7,12-13H2,1-3H3;1-2H3. The van der Waals surface area contributed by atoms with Gasteiger partial charge >= 0.3 is 0 Å². The van der Waals surface area contributed by atoms with E-state index in [0.717, 1.165) is 0 Å². The van der Waals surface area contributed by atoms with Crippen molar-refractivity contribution in [2.24, 2.45) is 0 Å². The Hall–Kier alpha value is -0.980. The fourth-order valence-corrected chi connectivity index (χ4v) is 1.95. The van der Waals surface area contributed by atoms with Crippen LogP contribution < -0.4 is 4.90 Å². The molecule has 0 bridgehead atoms. The van der Waals surface area contributed by atoms with Gasteiger partial charge in [0.2, 0.25) is 0 Å². The molecule has 1 heteroatoms. The number of hydrogen-bond donors (Lipinski definition) is 0. The Morgan fingerprint density at radius 3 is 1.94 bits per heavy atom. The van der Waals surface area contributed by atoms with Gasteiger partial charge < -0.3 is 4.90 Å². The third-order valence-corrected chi connectivity index (χ3v) is 2.92. The van der Waals surface area contributed by atoms with Crippen molar-refractivity contribution in [2.75, 3.05) is 18.0 Å². The largest absolute Gasteiger partial charge is 0.372 e. The molecule has 18 heavy (non-hydrogen) atoms. The quantitative estimate of drug-likeness (QED) is 0.583. The van der Waals surface area contributed by atoms with Gasteiger partial charge in [0.25, 0.3) is 0 Å². The fourth-order valence-electron chi connectivity index (χ4n) is 1.95. The zero-order valence-electron chi connectivity index (χ0n) is 13.0. The zero-order chi connectivity index (χ0) is 13.8. The Morgan fingerprint density at radius 2 is 1.44 bits per heavy atom. The van der Waals surface area contributed by atoms with Gasteiger partial charge in [0, 0.05) is 18.8 Å². The lowest BCUT2D eigenvalue weighted by Crippen LogP contribution is -2.25. The van der Waals surface area contributed by atoms with Crippen molar-refractivity contribution in [3.63, 3.8) is 0 Å². The lowest BCUT2D eigenvalue weighted by Gasteiger charge is -2.24. The van der Waals surface area contributed by atoms with Crippen LogP contribution in [0.4, 0.5) is 5.69 Å². The van der Waals surface area contributed by atoms with Gasteiger partial charge in [-0.3, -0.25) is 0 Å². The van der Waals surface area contributed by atoms with Crippen LogP contribution in [-0.2, 0) is 0 Å². The maximum atomic E-state index is 2.51. The summed E-state index contributed by atoms with van der Waals surface area (Å²) in [6, 6.07) is 8.91. The van der Waals surface area contributed by atoms with Crippen molar-refractivity contribution >= 4 is 5.69 Å². The van der Waals surface area contributed by atoms with E-state index in [1.54, 1.807) is 0 Å². The Kier molecular flexibility index (Phi) is 10.5. The van der Waals surface area contributed by atoms with Crippen LogP contribution in [0.2, 0.25) is 0 Å². The second-order valence-corrected chi connectivity index (χ2v) is 4.53. The minimum absolute atomic E-state index is 1.17. The van der Waals surface area contributed by atoms with Gasteiger partial charge in [-0.1, -0.05) is 58.2 Å². The van der Waals surface area contributed by atoms with Gasteiger partial charge in [-0.2, -0.15) is 0 Å². The number of benzene rings is 1. The van der Waals surface area contributed by atoms with Crippen LogP contribution in [0.15, 0.2) is 24.3 Å². The smallest absolute Gasteiger partial charge is 0.0366 e. The molecule has 0 aromatic heterocycles. The summed E-state index contributed by atoms with van der Waals surface area (Å²) in [6.45, 7) is 13.0. The summed E-state index contributed by atoms with van der Waals surface area (Å²) in [4.78, 5) is 2.51. The first-order valence-electron chi connectivity index (χ1n) is 7.59. The molecule has 1 nitrogen and oxygen atoms in total. The molecule has 0 aliphatic rings. The van der Waals surface area contributed by atoms with Gasteiger partial charge in [0.15, 0.2) is 0 Å². The molecule has 0 unspecified atom stereocenters. The zero-order valence-corrected chi connectivity index (χ0v) is 13.0. The highest BCUT2D eigenvalue weighted by atomic mass is 15.1. The summed E-state index contributed by atoms with van der Waals surface area (Å²) in [5.41, 5.74) is 2.72. The second kappa shape index (κ2) is 11.1. The van der Waals surface area contributed by atoms with Crippen molar-refractivity contribution in [1.82, 2.24) is 0 Å². The first-order valence-corrected chi connectivity index (χ1v) is 7.59. The molecular formula is C17H31N. The third-order valence-electron chi connectivity index (χ3n) is 2.92. The molecule has 1 aromatic carbocycles. The molecule has 0 spiro atoms. The number of unbranched alkanes of at least 4 members (excludes halogenated alkanes) is 2. The van der Waals surface area contributed by atoms with Crippen LogP contribution in [0.25, 0.3) is 0 Å². The second-order valence-electron chi connectivity index (χ2n) is 4.53. The lowest BCUT2D eigenvalue weighted by molar-refractivity contribution is 0.668. The molecular weight excluding hydrogens is 218 g/mol. The average Bonchev–Trinajstić information content (AvgIpc) is 2.41. The monoisotopic (exact) mass is 249 g/mol. The number of hydrogen-bond acceptors (Lipinski definition) is 1. The van der Waals surface area contributed by atoms with E-state index in [1.807, 2.05) is 13.8 Å². The molecule has 0 heterocycles. The molecule has 0 radical (unpaired) electrons. The van der Waals surface area contributed by atoms with Gasteiger partial charge in [-0.15, -0.1) is 0 Å². The molecule has 0 saturated heterocycles. The number of aryl methyl sites for hydroxylation is 1. The minimum atomic E-state index is 1.17. The van der Waals surface area contributed by atoms with E-state index in [4.69, 9.17) is 0 Å². The minimum Gasteiger partial charge on any atom is -0.372 e. The van der Waals surface area contributed by atoms with E-state index in [-0.39, 0.29) is 0 Å². The number of nitrogens with zero attached hydrogens (tertiary/aromatic N) is 1. The molecule has 0 atom stereocenters. The highest BCUT2D eigenvalue weighted by molar-refractivity contribution is 5.47. The van der Waals surface area contributed by atoms with Gasteiger partial charge in [0.1, 0.15) is 0 Å². The Labute approximate surface area is 114 Å². The maximum absolute atomic E-state index is 2.51. The van der Waals surface area contributed by atoms with E-state index in [0.29, 0.717) is 0 Å². The van der Waals surface area contributed by atoms with E-state index in [2.05, 4.69) is 49.9 Å². The van der Waals surface area contributed by atoms with Crippen molar-refractivity contribution in [2.45, 2.75) is 60.3 Å². The third kappa shape index (κ3) is 6.68. The molecule has 1 aromatic rings. The topological polar surface area (TPSA) is 3.24 Å². The SMILES string of the molecule is CC.CCCCCN(CCC)c1ccc(C)cc1. The summed E-state index contributed by atoms with van der Waals surface area (Å²) in [7, 11) is 0. The molecule has 0 aliphatic heterocycles. The van der Waals surface area contributed by atoms with E-state index >= 15 is 0 Å². The molecule has 0 saturated carbocycles. The lowest BCUT2D eigenvalue weighted by atomic mass is 10.2. The Balaban J connectivity index is 0.00000137. The van der Waals surface area contributed by atoms with E-state index < -0.39 is 0 Å². The molecule has 1 rings (SSSR count). The first kappa shape index (κ1) is 17.0. The summed E-state index contributed by atoms with van der Waals surface area (Å²) in [5, 5.41) is 0. The van der Waals surface area contributed by atoms with Gasteiger partial charge in [-0.25, -0.2) is 0 Å². The molecule has 0 amide bonds. The van der Waals surface area contributed by atoms with Gasteiger partial charge in [0.05, 0.1) is 0 Å². The van der Waals surface area contributed by atoms with Crippen LogP contribution in [0, 0.1) is 6.92 Å². The van der Waals surface area contributed by atoms with Crippen molar-refractivity contribution in [1.29, 1.82) is 0 Å². The molecule has 104 valence electrons. The molecule has 0 aliphatic carbocycles. The maximum Gasteiger partial charge on any atom is 0.0366 e. The first-order chi connectivity index (χ1) is 8.77. The predicted molar refractivity (Wildman–Crippen MR) is 84.6 cm³/mol. The predicted octanol–water partition coefficient (Wildman–Crippen LogP) is 5.43. The summed E-state index contributed by atoms with van der Waals surface area (Å²) in [5.74, 6) is 0. The number of rotatable bonds is 7. The van der Waals surface area contributed by atoms with Crippen molar-refractivity contribution < 1.29 is 0 Å². The normalized spacial score (nSPS) is 9.61.